The van der Waals surface area contributed by atoms with Crippen LogP contribution in [0.25, 0.3) is 0 Å². The van der Waals surface area contributed by atoms with E-state index in [1.54, 1.807) is 7.05 Å². The van der Waals surface area contributed by atoms with Gasteiger partial charge in [-0.1, -0.05) is 0 Å². The van der Waals surface area contributed by atoms with Crippen molar-refractivity contribution in [2.75, 3.05) is 19.4 Å². The van der Waals surface area contributed by atoms with Crippen LogP contribution in [0.15, 0.2) is 17.1 Å². The molecule has 5 N–H and O–H groups in total. The lowest BCUT2D eigenvalue weighted by molar-refractivity contribution is -0.291. The second kappa shape index (κ2) is 4.50. The average Bonchev–Trinajstić information content (AvgIpc) is 2.65. The maximum atomic E-state index is 11.8. The van der Waals surface area contributed by atoms with Gasteiger partial charge in [0.2, 0.25) is 0 Å². The number of anilines is 1. The molecular weight excluding hydrogens is 268 g/mol. The molecule has 1 aromatic heterocycles. The summed E-state index contributed by atoms with van der Waals surface area (Å²) in [6.07, 6.45) is -2.65. The van der Waals surface area contributed by atoms with Crippen molar-refractivity contribution < 1.29 is 19.7 Å². The van der Waals surface area contributed by atoms with Gasteiger partial charge in [0.05, 0.1) is 6.61 Å². The number of hydrogen-bond acceptors (Lipinski definition) is 8. The van der Waals surface area contributed by atoms with E-state index in [0.29, 0.717) is 0 Å². The van der Waals surface area contributed by atoms with E-state index >= 15 is 0 Å². The number of ether oxygens (including phenoxy) is 2. The second-order valence-corrected chi connectivity index (χ2v) is 4.92. The van der Waals surface area contributed by atoms with Gasteiger partial charge < -0.3 is 25.4 Å². The molecule has 1 aromatic rings. The minimum absolute atomic E-state index is 0.0778. The number of nitrogens with one attached hydrogen (secondary N) is 1. The van der Waals surface area contributed by atoms with Gasteiger partial charge in [0.1, 0.15) is 24.3 Å². The highest BCUT2D eigenvalue weighted by atomic mass is 16.7. The topological polar surface area (TPSA) is 132 Å². The van der Waals surface area contributed by atoms with Gasteiger partial charge in [0, 0.05) is 6.20 Å². The fraction of sp³-hybridized carbons (Fsp3) is 0.636. The Kier molecular flexibility index (Phi) is 3.03. The Bertz CT molecular complexity index is 576. The zero-order valence-corrected chi connectivity index (χ0v) is 10.8. The van der Waals surface area contributed by atoms with E-state index in [-0.39, 0.29) is 12.4 Å². The van der Waals surface area contributed by atoms with Crippen LogP contribution >= 0.6 is 0 Å². The van der Waals surface area contributed by atoms with Crippen LogP contribution in [0.3, 0.4) is 0 Å². The summed E-state index contributed by atoms with van der Waals surface area (Å²) >= 11 is 0. The van der Waals surface area contributed by atoms with Crippen LogP contribution in [-0.4, -0.2) is 57.5 Å². The number of aromatic nitrogens is 2. The molecule has 0 aliphatic carbocycles. The number of aliphatic hydroxyl groups excluding tert-OH is 2. The third-order valence-electron chi connectivity index (χ3n) is 3.76. The van der Waals surface area contributed by atoms with Crippen LogP contribution in [0.5, 0.6) is 0 Å². The molecule has 1 unspecified atom stereocenters. The molecule has 2 fully saturated rings. The molecule has 5 atom stereocenters. The monoisotopic (exact) mass is 284 g/mol. The summed E-state index contributed by atoms with van der Waals surface area (Å²) in [5.74, 6) is 0.0778. The minimum atomic E-state index is -1.27. The molecule has 0 radical (unpaired) electrons. The number of rotatable bonds is 2. The van der Waals surface area contributed by atoms with E-state index in [1.807, 2.05) is 0 Å². The first-order valence-electron chi connectivity index (χ1n) is 6.17. The Morgan fingerprint density at radius 1 is 1.60 bits per heavy atom. The van der Waals surface area contributed by atoms with Crippen molar-refractivity contribution in [3.8, 4) is 0 Å². The van der Waals surface area contributed by atoms with Crippen molar-refractivity contribution in [1.29, 1.82) is 0 Å². The van der Waals surface area contributed by atoms with Crippen molar-refractivity contribution in [2.45, 2.75) is 30.3 Å². The van der Waals surface area contributed by atoms with Crippen LogP contribution in [0, 0.1) is 0 Å². The van der Waals surface area contributed by atoms with Gasteiger partial charge in [0.25, 0.3) is 0 Å². The van der Waals surface area contributed by atoms with Gasteiger partial charge >= 0.3 is 5.69 Å². The highest BCUT2D eigenvalue weighted by molar-refractivity contribution is 5.24. The summed E-state index contributed by atoms with van der Waals surface area (Å²) in [7, 11) is 1.65. The van der Waals surface area contributed by atoms with Crippen LogP contribution < -0.4 is 16.7 Å². The third kappa shape index (κ3) is 1.68. The van der Waals surface area contributed by atoms with Gasteiger partial charge in [-0.25, -0.2) is 4.79 Å². The van der Waals surface area contributed by atoms with Crippen LogP contribution in [0.1, 0.15) is 6.23 Å². The lowest BCUT2D eigenvalue weighted by atomic mass is 9.90. The molecule has 3 heterocycles. The summed E-state index contributed by atoms with van der Waals surface area (Å²) in [6, 6.07) is 1.42. The van der Waals surface area contributed by atoms with Gasteiger partial charge in [-0.05, 0) is 13.1 Å². The Hall–Kier alpha value is -1.52. The van der Waals surface area contributed by atoms with Gasteiger partial charge in [0.15, 0.2) is 11.8 Å². The van der Waals surface area contributed by atoms with Gasteiger partial charge in [-0.2, -0.15) is 4.98 Å². The van der Waals surface area contributed by atoms with Crippen LogP contribution in [-0.2, 0) is 9.47 Å². The molecule has 110 valence electrons. The molecule has 3 rings (SSSR count). The van der Waals surface area contributed by atoms with Crippen LogP contribution in [0.2, 0.25) is 0 Å². The van der Waals surface area contributed by atoms with E-state index in [4.69, 9.17) is 15.2 Å². The first-order chi connectivity index (χ1) is 9.49. The summed E-state index contributed by atoms with van der Waals surface area (Å²) in [4.78, 5) is 15.4. The van der Waals surface area contributed by atoms with Gasteiger partial charge in [-0.3, -0.25) is 9.88 Å². The number of nitrogens with zero attached hydrogens (tertiary/aromatic N) is 2. The smallest absolute Gasteiger partial charge is 0.351 e. The summed E-state index contributed by atoms with van der Waals surface area (Å²) in [6.45, 7) is 0.129. The lowest BCUT2D eigenvalue weighted by Gasteiger charge is -2.47. The number of hydrogen-bond donors (Lipinski definition) is 4. The molecule has 20 heavy (non-hydrogen) atoms. The highest BCUT2D eigenvalue weighted by Crippen LogP contribution is 2.44. The fourth-order valence-electron chi connectivity index (χ4n) is 2.64. The second-order valence-electron chi connectivity index (χ2n) is 4.92. The SMILES string of the molecule is CNC1OC[C@]12O[C@@H](n1ccc(N)nc1=O)[C@H](O)[C@@H]2O. The first kappa shape index (κ1) is 13.5. The van der Waals surface area contributed by atoms with E-state index < -0.39 is 36.0 Å². The predicted octanol–water partition coefficient (Wildman–Crippen LogP) is -2.61. The summed E-state index contributed by atoms with van der Waals surface area (Å²) in [5, 5.41) is 23.2. The normalized spacial score (nSPS) is 40.0. The highest BCUT2D eigenvalue weighted by Gasteiger charge is 2.64. The number of likely N-dealkylation sites (N-methyl/N-ethyl adjacent to an activating group) is 1. The molecule has 9 nitrogen and oxygen atoms in total. The Morgan fingerprint density at radius 3 is 2.90 bits per heavy atom. The maximum Gasteiger partial charge on any atom is 0.351 e. The van der Waals surface area contributed by atoms with Crippen molar-refractivity contribution in [3.63, 3.8) is 0 Å². The molecule has 1 spiro atoms. The zero-order chi connectivity index (χ0) is 14.5. The molecule has 2 aliphatic heterocycles. The molecule has 0 amide bonds. The molecule has 9 heteroatoms. The number of nitrogen functional groups attached to an aromatic ring is 1. The molecule has 0 saturated carbocycles. The third-order valence-corrected chi connectivity index (χ3v) is 3.76. The largest absolute Gasteiger partial charge is 0.387 e. The van der Waals surface area contributed by atoms with Crippen LogP contribution in [0.4, 0.5) is 5.82 Å². The van der Waals surface area contributed by atoms with Crippen molar-refractivity contribution in [1.82, 2.24) is 14.9 Å². The fourth-order valence-corrected chi connectivity index (χ4v) is 2.64. The molecular formula is C11H16N4O5. The Labute approximate surface area is 113 Å². The van der Waals surface area contributed by atoms with E-state index in [2.05, 4.69) is 10.3 Å². The van der Waals surface area contributed by atoms with Crippen molar-refractivity contribution in [2.24, 2.45) is 0 Å². The van der Waals surface area contributed by atoms with E-state index in [9.17, 15) is 15.0 Å². The zero-order valence-electron chi connectivity index (χ0n) is 10.8. The Balaban J connectivity index is 1.94. The summed E-state index contributed by atoms with van der Waals surface area (Å²) < 4.78 is 12.1. The predicted molar refractivity (Wildman–Crippen MR) is 66.6 cm³/mol. The first-order valence-corrected chi connectivity index (χ1v) is 6.17. The lowest BCUT2D eigenvalue weighted by Crippen LogP contribution is -2.69. The molecule has 2 saturated heterocycles. The van der Waals surface area contributed by atoms with E-state index in [0.717, 1.165) is 4.57 Å². The van der Waals surface area contributed by atoms with E-state index in [1.165, 1.54) is 12.3 Å². The minimum Gasteiger partial charge on any atom is -0.387 e. The molecule has 2 aliphatic rings. The molecule has 0 bridgehead atoms. The summed E-state index contributed by atoms with van der Waals surface area (Å²) in [5.41, 5.74) is 3.69. The Morgan fingerprint density at radius 2 is 2.35 bits per heavy atom. The standard InChI is InChI=1S/C11H16N4O5/c1-13-9-11(4-19-9)7(17)6(16)8(20-11)15-3-2-5(12)14-10(15)18/h2-3,6-9,13,16-17H,4H2,1H3,(H2,12,14,18)/t6-,7+,8-,9?,11-/m1/s1. The molecule has 0 aromatic carbocycles. The van der Waals surface area contributed by atoms with Crippen molar-refractivity contribution in [3.05, 3.63) is 22.7 Å². The average molecular weight is 284 g/mol. The number of nitrogens with two attached hydrogens (primary N) is 1. The number of aliphatic hydroxyl groups is 2. The quantitative estimate of drug-likeness (QED) is 0.464. The van der Waals surface area contributed by atoms with Crippen molar-refractivity contribution >= 4 is 5.82 Å². The van der Waals surface area contributed by atoms with Gasteiger partial charge in [-0.15, -0.1) is 0 Å². The maximum absolute atomic E-state index is 11.8.